The van der Waals surface area contributed by atoms with Crippen LogP contribution in [0.15, 0.2) is 24.3 Å². The molecular formula is C38H74. The predicted octanol–water partition coefficient (Wildman–Crippen LogP) is 14.0. The lowest BCUT2D eigenvalue weighted by atomic mass is 9.90. The normalized spacial score (nSPS) is 14.7. The number of unbranched alkanes of at least 4 members (excludes halogenated alkanes) is 11. The van der Waals surface area contributed by atoms with E-state index < -0.39 is 0 Å². The van der Waals surface area contributed by atoms with Crippen molar-refractivity contribution in [2.45, 2.75) is 196 Å². The smallest absolute Gasteiger partial charge is 0.0169 e. The molecule has 0 bridgehead atoms. The van der Waals surface area contributed by atoms with Crippen LogP contribution in [-0.2, 0) is 0 Å². The minimum Gasteiger partial charge on any atom is -0.0882 e. The Labute approximate surface area is 243 Å². The van der Waals surface area contributed by atoms with Crippen LogP contribution in [0.3, 0.4) is 0 Å². The van der Waals surface area contributed by atoms with Gasteiger partial charge in [0.1, 0.15) is 0 Å². The van der Waals surface area contributed by atoms with Crippen molar-refractivity contribution in [1.82, 2.24) is 0 Å². The monoisotopic (exact) mass is 531 g/mol. The van der Waals surface area contributed by atoms with E-state index in [0.29, 0.717) is 0 Å². The van der Waals surface area contributed by atoms with Crippen molar-refractivity contribution in [1.29, 1.82) is 0 Å². The summed E-state index contributed by atoms with van der Waals surface area (Å²) in [6, 6.07) is 0. The molecule has 0 saturated carbocycles. The van der Waals surface area contributed by atoms with E-state index in [0.717, 1.165) is 30.1 Å². The lowest BCUT2D eigenvalue weighted by Crippen LogP contribution is -2.01. The second-order valence-electron chi connectivity index (χ2n) is 13.6. The van der Waals surface area contributed by atoms with E-state index in [-0.39, 0.29) is 0 Å². The molecule has 226 valence electrons. The molecule has 0 nitrogen and oxygen atoms in total. The Morgan fingerprint density at radius 2 is 0.737 bits per heavy atom. The molecule has 0 radical (unpaired) electrons. The lowest BCUT2D eigenvalue weighted by Gasteiger charge is -2.16. The van der Waals surface area contributed by atoms with Gasteiger partial charge in [0.15, 0.2) is 0 Å². The second-order valence-corrected chi connectivity index (χ2v) is 13.6. The minimum atomic E-state index is 0.875. The Bertz CT molecular complexity index is 498. The molecule has 0 spiro atoms. The first-order valence-electron chi connectivity index (χ1n) is 17.8. The Morgan fingerprint density at radius 3 is 1.18 bits per heavy atom. The average Bonchev–Trinajstić information content (AvgIpc) is 2.87. The first kappa shape index (κ1) is 37.5. The molecular weight excluding hydrogens is 456 g/mol. The lowest BCUT2D eigenvalue weighted by molar-refractivity contribution is 0.371. The van der Waals surface area contributed by atoms with Gasteiger partial charge in [-0.15, -0.1) is 0 Å². The molecule has 0 aromatic carbocycles. The molecule has 0 N–H and O–H groups in total. The number of hydrogen-bond acceptors (Lipinski definition) is 0. The largest absolute Gasteiger partial charge is 0.0882 e. The van der Waals surface area contributed by atoms with Gasteiger partial charge in [-0.25, -0.2) is 0 Å². The fourth-order valence-corrected chi connectivity index (χ4v) is 5.77. The molecule has 0 aromatic rings. The maximum Gasteiger partial charge on any atom is -0.0169 e. The van der Waals surface area contributed by atoms with Gasteiger partial charge in [0.25, 0.3) is 0 Å². The van der Waals surface area contributed by atoms with E-state index in [1.807, 2.05) is 0 Å². The molecule has 0 heteroatoms. The summed E-state index contributed by atoms with van der Waals surface area (Å²) < 4.78 is 0. The highest BCUT2D eigenvalue weighted by Crippen LogP contribution is 2.23. The number of rotatable bonds is 29. The molecule has 0 heterocycles. The fraction of sp³-hybridized carbons (Fsp3) is 0.895. The van der Waals surface area contributed by atoms with Gasteiger partial charge < -0.3 is 0 Å². The summed E-state index contributed by atoms with van der Waals surface area (Å²) >= 11 is 0. The average molecular weight is 531 g/mol. The molecule has 3 unspecified atom stereocenters. The topological polar surface area (TPSA) is 0 Å². The standard InChI is InChI=1S/C38H74/c1-7-8-9-10-11-12-13-14-15-16-17-18-19-20-21-22-23-24-29-36(4)31-26-33-38(6)34-27-32-37(5)30-25-28-35(2)3/h11-12,14-15,35-38H,7-10,13,16-34H2,1-6H3. The van der Waals surface area contributed by atoms with Crippen molar-refractivity contribution in [2.75, 3.05) is 0 Å². The molecule has 0 saturated heterocycles. The molecule has 0 amide bonds. The quantitative estimate of drug-likeness (QED) is 0.0666. The van der Waals surface area contributed by atoms with Crippen molar-refractivity contribution >= 4 is 0 Å². The third-order valence-corrected chi connectivity index (χ3v) is 8.66. The summed E-state index contributed by atoms with van der Waals surface area (Å²) in [5, 5.41) is 0. The molecule has 0 rings (SSSR count). The third kappa shape index (κ3) is 30.0. The zero-order valence-electron chi connectivity index (χ0n) is 27.6. The van der Waals surface area contributed by atoms with E-state index in [1.165, 1.54) is 148 Å². The van der Waals surface area contributed by atoms with Crippen LogP contribution < -0.4 is 0 Å². The highest BCUT2D eigenvalue weighted by Gasteiger charge is 2.08. The van der Waals surface area contributed by atoms with E-state index in [9.17, 15) is 0 Å². The Kier molecular flexibility index (Phi) is 29.1. The van der Waals surface area contributed by atoms with E-state index in [4.69, 9.17) is 0 Å². The summed E-state index contributed by atoms with van der Waals surface area (Å²) in [6.45, 7) is 14.5. The van der Waals surface area contributed by atoms with Gasteiger partial charge >= 0.3 is 0 Å². The fourth-order valence-electron chi connectivity index (χ4n) is 5.77. The molecule has 0 fully saturated rings. The summed E-state index contributed by atoms with van der Waals surface area (Å²) in [7, 11) is 0. The minimum absolute atomic E-state index is 0.875. The van der Waals surface area contributed by atoms with Crippen molar-refractivity contribution in [3.8, 4) is 0 Å². The van der Waals surface area contributed by atoms with Gasteiger partial charge in [0, 0.05) is 0 Å². The Balaban J connectivity index is 3.40. The van der Waals surface area contributed by atoms with Crippen LogP contribution in [0.25, 0.3) is 0 Å². The maximum absolute atomic E-state index is 2.50. The van der Waals surface area contributed by atoms with Crippen LogP contribution in [0.2, 0.25) is 0 Å². The van der Waals surface area contributed by atoms with Gasteiger partial charge in [-0.05, 0) is 55.8 Å². The van der Waals surface area contributed by atoms with Crippen LogP contribution in [0.1, 0.15) is 196 Å². The summed E-state index contributed by atoms with van der Waals surface area (Å²) in [5.74, 6) is 3.68. The first-order valence-corrected chi connectivity index (χ1v) is 17.8. The van der Waals surface area contributed by atoms with Crippen molar-refractivity contribution in [2.24, 2.45) is 23.7 Å². The van der Waals surface area contributed by atoms with Gasteiger partial charge in [0.2, 0.25) is 0 Å². The molecule has 38 heavy (non-hydrogen) atoms. The molecule has 3 atom stereocenters. The Morgan fingerprint density at radius 1 is 0.368 bits per heavy atom. The third-order valence-electron chi connectivity index (χ3n) is 8.66. The summed E-state index contributed by atoms with van der Waals surface area (Å²) in [6.07, 6.45) is 43.2. The van der Waals surface area contributed by atoms with Crippen LogP contribution in [0, 0.1) is 23.7 Å². The van der Waals surface area contributed by atoms with E-state index >= 15 is 0 Å². The molecule has 0 aliphatic heterocycles. The van der Waals surface area contributed by atoms with Crippen LogP contribution in [0.5, 0.6) is 0 Å². The Hall–Kier alpha value is -0.520. The number of allylic oxidation sites excluding steroid dienone is 4. The van der Waals surface area contributed by atoms with Gasteiger partial charge in [0.05, 0.1) is 0 Å². The van der Waals surface area contributed by atoms with E-state index in [1.54, 1.807) is 0 Å². The number of hydrogen-bond donors (Lipinski definition) is 0. The predicted molar refractivity (Wildman–Crippen MR) is 177 cm³/mol. The zero-order valence-corrected chi connectivity index (χ0v) is 27.6. The summed E-state index contributed by atoms with van der Waals surface area (Å²) in [4.78, 5) is 0. The zero-order chi connectivity index (χ0) is 28.1. The second kappa shape index (κ2) is 29.5. The molecule has 0 aliphatic carbocycles. The van der Waals surface area contributed by atoms with Crippen molar-refractivity contribution in [3.05, 3.63) is 24.3 Å². The van der Waals surface area contributed by atoms with E-state index in [2.05, 4.69) is 65.8 Å². The molecule has 0 aliphatic rings. The van der Waals surface area contributed by atoms with Gasteiger partial charge in [-0.2, -0.15) is 0 Å². The van der Waals surface area contributed by atoms with Crippen LogP contribution >= 0.6 is 0 Å². The van der Waals surface area contributed by atoms with Crippen molar-refractivity contribution in [3.63, 3.8) is 0 Å². The van der Waals surface area contributed by atoms with Gasteiger partial charge in [-0.3, -0.25) is 0 Å². The SMILES string of the molecule is CCCCCC=CCC=CCCCCCCCCCCC(C)CCCC(C)CCCC(C)CCCC(C)C. The first-order chi connectivity index (χ1) is 18.5. The van der Waals surface area contributed by atoms with Crippen LogP contribution in [0.4, 0.5) is 0 Å². The van der Waals surface area contributed by atoms with Crippen LogP contribution in [-0.4, -0.2) is 0 Å². The summed E-state index contributed by atoms with van der Waals surface area (Å²) in [5.41, 5.74) is 0. The highest BCUT2D eigenvalue weighted by molar-refractivity contribution is 4.92. The highest BCUT2D eigenvalue weighted by atomic mass is 14.1. The van der Waals surface area contributed by atoms with Crippen molar-refractivity contribution < 1.29 is 0 Å². The molecule has 0 aromatic heterocycles. The maximum atomic E-state index is 2.50. The van der Waals surface area contributed by atoms with Gasteiger partial charge in [-0.1, -0.05) is 188 Å².